The van der Waals surface area contributed by atoms with Gasteiger partial charge in [0, 0.05) is 50.8 Å². The summed E-state index contributed by atoms with van der Waals surface area (Å²) in [6.07, 6.45) is 5.57. The van der Waals surface area contributed by atoms with Gasteiger partial charge in [0.15, 0.2) is 5.96 Å². The van der Waals surface area contributed by atoms with Crippen molar-refractivity contribution in [3.8, 4) is 0 Å². The van der Waals surface area contributed by atoms with E-state index < -0.39 is 163 Å². The van der Waals surface area contributed by atoms with Gasteiger partial charge < -0.3 is 96.4 Å². The van der Waals surface area contributed by atoms with Gasteiger partial charge in [-0.05, 0) is 92.8 Å². The number of hydrogen-bond donors (Lipinski definition) is 16. The lowest BCUT2D eigenvalue weighted by atomic mass is 10.00. The van der Waals surface area contributed by atoms with Crippen LogP contribution in [0.1, 0.15) is 109 Å². The number of aliphatic imine (C=N–C) groups is 1. The van der Waals surface area contributed by atoms with Crippen LogP contribution in [0.4, 0.5) is 0 Å². The van der Waals surface area contributed by atoms with Gasteiger partial charge in [-0.3, -0.25) is 67.3 Å². The first-order chi connectivity index (χ1) is 47.6. The minimum Gasteiger partial charge on any atom is -0.394 e. The predicted molar refractivity (Wildman–Crippen MR) is 370 cm³/mol. The zero-order chi connectivity index (χ0) is 73.6. The molecule has 0 radical (unpaired) electrons. The fraction of sp³-hybridized carbons (Fsp3) is 0.561. The van der Waals surface area contributed by atoms with E-state index in [2.05, 4.69) is 62.8 Å². The van der Waals surface area contributed by atoms with Crippen molar-refractivity contribution in [2.24, 2.45) is 45.5 Å². The Morgan fingerprint density at radius 1 is 0.590 bits per heavy atom. The summed E-state index contributed by atoms with van der Waals surface area (Å²) in [7, 11) is 0. The zero-order valence-corrected chi connectivity index (χ0v) is 58.0. The van der Waals surface area contributed by atoms with Crippen LogP contribution >= 0.6 is 11.8 Å². The van der Waals surface area contributed by atoms with Gasteiger partial charge in [0.1, 0.15) is 60.4 Å². The quantitative estimate of drug-likeness (QED) is 0.0146. The van der Waals surface area contributed by atoms with Gasteiger partial charge >= 0.3 is 0 Å². The van der Waals surface area contributed by atoms with Crippen LogP contribution in [0, 0.1) is 11.8 Å². The normalized spacial score (nSPS) is 16.9. The Hall–Kier alpha value is -9.70. The van der Waals surface area contributed by atoms with E-state index in [-0.39, 0.29) is 88.8 Å². The number of carbonyl (C=O) groups excluding carboxylic acids is 13. The first kappa shape index (κ1) is 81.0. The molecule has 2 aromatic carbocycles. The number of nitrogens with two attached hydrogens (primary N) is 5. The number of nitrogens with one attached hydrogen (secondary N) is 10. The Labute approximate surface area is 585 Å². The molecule has 100 heavy (non-hydrogen) atoms. The second-order valence-electron chi connectivity index (χ2n) is 25.7. The largest absolute Gasteiger partial charge is 0.394 e. The fourth-order valence-corrected chi connectivity index (χ4v) is 12.0. The van der Waals surface area contributed by atoms with Crippen LogP contribution in [0.3, 0.4) is 0 Å². The van der Waals surface area contributed by atoms with E-state index in [1.54, 1.807) is 74.5 Å². The lowest BCUT2D eigenvalue weighted by Crippen LogP contribution is -2.60. The van der Waals surface area contributed by atoms with Crippen molar-refractivity contribution in [2.45, 2.75) is 178 Å². The van der Waals surface area contributed by atoms with Crippen molar-refractivity contribution in [2.75, 3.05) is 44.8 Å². The van der Waals surface area contributed by atoms with Gasteiger partial charge in [0.05, 0.1) is 31.9 Å². The fourth-order valence-electron chi connectivity index (χ4n) is 11.6. The van der Waals surface area contributed by atoms with Crippen LogP contribution in [0.2, 0.25) is 0 Å². The molecule has 2 aliphatic heterocycles. The third-order valence-corrected chi connectivity index (χ3v) is 17.3. The predicted octanol–water partition coefficient (Wildman–Crippen LogP) is -4.01. The summed E-state index contributed by atoms with van der Waals surface area (Å²) in [4.78, 5) is 193. The molecule has 0 aliphatic carbocycles. The van der Waals surface area contributed by atoms with Gasteiger partial charge in [0.25, 0.3) is 0 Å². The van der Waals surface area contributed by atoms with Gasteiger partial charge in [-0.2, -0.15) is 11.8 Å². The highest BCUT2D eigenvalue weighted by Crippen LogP contribution is 2.23. The number of H-pyrrole nitrogens is 1. The Balaban J connectivity index is 1.26. The number of nitrogens with zero attached hydrogens (tertiary/aromatic N) is 4. The van der Waals surface area contributed by atoms with E-state index in [1.165, 1.54) is 34.1 Å². The number of rotatable bonds is 41. The average molecular weight is 1410 g/mol. The van der Waals surface area contributed by atoms with Crippen LogP contribution < -0.4 is 76.5 Å². The third-order valence-electron chi connectivity index (χ3n) is 16.6. The first-order valence-electron chi connectivity index (χ1n) is 33.4. The van der Waals surface area contributed by atoms with Crippen molar-refractivity contribution < 1.29 is 67.4 Å². The number of aliphatic hydroxyl groups excluding tert-OH is 1. The van der Waals surface area contributed by atoms with Gasteiger partial charge in [-0.25, -0.2) is 4.98 Å². The van der Waals surface area contributed by atoms with Crippen LogP contribution in [-0.2, 0) is 81.6 Å². The number of aliphatic hydroxyl groups is 1. The van der Waals surface area contributed by atoms with Gasteiger partial charge in [0.2, 0.25) is 76.8 Å². The maximum Gasteiger partial charge on any atom is 0.245 e. The number of aromatic nitrogens is 2. The molecule has 13 amide bonds. The van der Waals surface area contributed by atoms with Crippen LogP contribution in [-0.4, -0.2) is 219 Å². The number of amides is 13. The van der Waals surface area contributed by atoms with E-state index in [1.807, 2.05) is 20.1 Å². The topological polar surface area (TPSA) is 528 Å². The summed E-state index contributed by atoms with van der Waals surface area (Å²) in [5.74, 6) is -10.8. The molecule has 21 N–H and O–H groups in total. The van der Waals surface area contributed by atoms with Crippen molar-refractivity contribution >= 4 is 94.5 Å². The molecular formula is C66H99N19O14S. The van der Waals surface area contributed by atoms with E-state index in [0.717, 1.165) is 0 Å². The highest BCUT2D eigenvalue weighted by atomic mass is 32.2. The SMILES string of the molecule is CSCC[C@H](N)C(=O)N1CCC[C@H]1C(=O)N[C@@H](Cc1cnc[nH]1)C(=O)N[C@@H](CO)C(=O)N[C@@H](Cc1ccccc1)C(=O)NCC(=O)N[C@@H](CC(N)=O)C(=O)N[C@@H](CC(C)C)C(=O)N1CCC[C@H]1C(=O)N[C@@H](CC(C)C)C(=O)N[C@@H](CCCN=C(N)N)C(=O)N[C@@H](Cc1ccccc1)C(N)=O. The van der Waals surface area contributed by atoms with E-state index in [4.69, 9.17) is 28.7 Å². The molecule has 5 rings (SSSR count). The Morgan fingerprint density at radius 3 is 1.62 bits per heavy atom. The first-order valence-corrected chi connectivity index (χ1v) is 34.8. The molecule has 0 unspecified atom stereocenters. The number of benzene rings is 2. The molecule has 548 valence electrons. The van der Waals surface area contributed by atoms with Crippen molar-refractivity contribution in [3.63, 3.8) is 0 Å². The molecule has 11 atom stereocenters. The number of primary amides is 2. The molecule has 34 heteroatoms. The third kappa shape index (κ3) is 26.5. The number of hydrogen-bond acceptors (Lipinski definition) is 18. The zero-order valence-electron chi connectivity index (χ0n) is 57.2. The maximum absolute atomic E-state index is 14.7. The van der Waals surface area contributed by atoms with E-state index in [9.17, 15) is 67.4 Å². The second-order valence-corrected chi connectivity index (χ2v) is 26.6. The Morgan fingerprint density at radius 2 is 1.08 bits per heavy atom. The van der Waals surface area contributed by atoms with Crippen LogP contribution in [0.25, 0.3) is 0 Å². The van der Waals surface area contributed by atoms with Crippen molar-refractivity contribution in [1.29, 1.82) is 0 Å². The lowest BCUT2D eigenvalue weighted by molar-refractivity contribution is -0.143. The molecule has 2 aliphatic rings. The lowest BCUT2D eigenvalue weighted by Gasteiger charge is -2.31. The van der Waals surface area contributed by atoms with Crippen LogP contribution in [0.5, 0.6) is 0 Å². The Kier molecular flexibility index (Phi) is 33.2. The molecule has 3 heterocycles. The molecule has 3 aromatic rings. The number of imidazole rings is 1. The molecule has 2 saturated heterocycles. The highest BCUT2D eigenvalue weighted by molar-refractivity contribution is 7.98. The molecule has 0 bridgehead atoms. The van der Waals surface area contributed by atoms with E-state index in [0.29, 0.717) is 48.3 Å². The number of aromatic amines is 1. The minimum atomic E-state index is -1.72. The van der Waals surface area contributed by atoms with E-state index >= 15 is 0 Å². The highest BCUT2D eigenvalue weighted by Gasteiger charge is 2.42. The summed E-state index contributed by atoms with van der Waals surface area (Å²) in [6, 6.07) is 2.94. The number of thioether (sulfide) groups is 1. The summed E-state index contributed by atoms with van der Waals surface area (Å²) in [5, 5.41) is 33.7. The van der Waals surface area contributed by atoms with Gasteiger partial charge in [-0.1, -0.05) is 88.4 Å². The van der Waals surface area contributed by atoms with Crippen LogP contribution in [0.15, 0.2) is 78.2 Å². The average Bonchev–Trinajstić information content (AvgIpc) is 1.62. The molecule has 2 fully saturated rings. The minimum absolute atomic E-state index is 0.00229. The molecule has 33 nitrogen and oxygen atoms in total. The number of likely N-dealkylation sites (tertiary alicyclic amines) is 2. The summed E-state index contributed by atoms with van der Waals surface area (Å²) in [6.45, 7) is 5.74. The van der Waals surface area contributed by atoms with Crippen molar-refractivity contribution in [1.82, 2.24) is 67.6 Å². The summed E-state index contributed by atoms with van der Waals surface area (Å²) >= 11 is 1.52. The summed E-state index contributed by atoms with van der Waals surface area (Å²) < 4.78 is 0. The second kappa shape index (κ2) is 41.0. The monoisotopic (exact) mass is 1410 g/mol. The molecular weight excluding hydrogens is 1310 g/mol. The number of guanidine groups is 1. The maximum atomic E-state index is 14.7. The molecule has 1 aromatic heterocycles. The molecule has 0 saturated carbocycles. The Bertz CT molecular complexity index is 3290. The molecule has 0 spiro atoms. The smallest absolute Gasteiger partial charge is 0.245 e. The van der Waals surface area contributed by atoms with Crippen molar-refractivity contribution in [3.05, 3.63) is 90.0 Å². The number of carbonyl (C=O) groups is 13. The standard InChI is InChI=1S/C66H99N19O14S/c1-37(2)27-45(58(92)77-43(19-12-23-73-66(70)71)57(91)78-44(55(69)89)29-39-15-8-6-9-16-39)80-63(97)52-21-14-25-85(52)65(99)49(28-38(3)4)82-60(94)48(32-53(68)87)76-54(88)34-74-56(90)46(30-40-17-10-7-11-18-40)79-61(95)50(35-86)83-59(93)47(31-41-33-72-36-75-41)81-62(96)51-20-13-24-84(51)64(98)42(67)22-26-100-5/h6-11,15-18,33,36-38,42-52,86H,12-14,19-32,34-35,67H2,1-5H3,(H2,68,87)(H2,69,89)(H,72,75)(H,74,90)(H,76,88)(H,77,92)(H,78,91)(H,79,95)(H,80,97)(H,81,96)(H,82,94)(H,83,93)(H4,70,71,73)/t42-,43-,44-,45-,46-,47-,48-,49-,50-,51-,52-/m0/s1. The van der Waals surface area contributed by atoms with Gasteiger partial charge in [-0.15, -0.1) is 0 Å². The summed E-state index contributed by atoms with van der Waals surface area (Å²) in [5.41, 5.74) is 30.2.